The molecule has 0 aliphatic heterocycles. The Morgan fingerprint density at radius 1 is 1.33 bits per heavy atom. The third kappa shape index (κ3) is 2.01. The minimum Gasteiger partial charge on any atom is -0.225 e. The molecule has 1 aromatic carbocycles. The fraction of sp³-hybridized carbons (Fsp3) is 0.0909. The molecule has 15 heavy (non-hydrogen) atoms. The van der Waals surface area contributed by atoms with Crippen LogP contribution < -0.4 is 0 Å². The van der Waals surface area contributed by atoms with Crippen LogP contribution in [0.5, 0.6) is 0 Å². The monoisotopic (exact) mass is 234 g/mol. The highest BCUT2D eigenvalue weighted by molar-refractivity contribution is 7.15. The summed E-state index contributed by atoms with van der Waals surface area (Å²) in [6.45, 7) is 1.90. The molecule has 0 fully saturated rings. The highest BCUT2D eigenvalue weighted by Gasteiger charge is 2.08. The lowest BCUT2D eigenvalue weighted by Gasteiger charge is -1.94. The molecule has 0 radical (unpaired) electrons. The van der Waals surface area contributed by atoms with Crippen molar-refractivity contribution < 1.29 is 0 Å². The molecule has 2 aromatic rings. The molecule has 0 unspecified atom stereocenters. The normalized spacial score (nSPS) is 9.93. The van der Waals surface area contributed by atoms with Gasteiger partial charge in [-0.25, -0.2) is 4.98 Å². The first kappa shape index (κ1) is 10.2. The van der Waals surface area contributed by atoms with Gasteiger partial charge in [0.25, 0.3) is 0 Å². The van der Waals surface area contributed by atoms with Crippen LogP contribution in [0.3, 0.4) is 0 Å². The molecule has 0 spiro atoms. The average Bonchev–Trinajstić information content (AvgIpc) is 2.61. The number of halogens is 1. The Bertz CT molecular complexity index is 523. The quantitative estimate of drug-likeness (QED) is 0.755. The van der Waals surface area contributed by atoms with E-state index in [4.69, 9.17) is 16.9 Å². The van der Waals surface area contributed by atoms with Crippen LogP contribution in [-0.2, 0) is 0 Å². The van der Waals surface area contributed by atoms with Crippen molar-refractivity contribution in [3.05, 3.63) is 39.9 Å². The summed E-state index contributed by atoms with van der Waals surface area (Å²) in [5.41, 5.74) is 1.50. The van der Waals surface area contributed by atoms with Crippen LogP contribution in [0.2, 0.25) is 5.02 Å². The standard InChI is InChI=1S/C11H7ClN2S/c1-7-10(6-13)14-11(15-7)8-2-4-9(12)5-3-8/h2-5H,1H3. The first-order valence-electron chi connectivity index (χ1n) is 4.34. The molecule has 0 bridgehead atoms. The van der Waals surface area contributed by atoms with Crippen LogP contribution in [0.25, 0.3) is 10.6 Å². The largest absolute Gasteiger partial charge is 0.225 e. The molecule has 0 amide bonds. The average molecular weight is 235 g/mol. The smallest absolute Gasteiger partial charge is 0.155 e. The van der Waals surface area contributed by atoms with Crippen LogP contribution in [-0.4, -0.2) is 4.98 Å². The number of benzene rings is 1. The molecule has 0 N–H and O–H groups in total. The van der Waals surface area contributed by atoms with E-state index in [1.165, 1.54) is 11.3 Å². The molecule has 2 nitrogen and oxygen atoms in total. The van der Waals surface area contributed by atoms with Gasteiger partial charge in [0.15, 0.2) is 5.69 Å². The van der Waals surface area contributed by atoms with E-state index >= 15 is 0 Å². The summed E-state index contributed by atoms with van der Waals surface area (Å²) < 4.78 is 0. The van der Waals surface area contributed by atoms with E-state index in [1.54, 1.807) is 0 Å². The van der Waals surface area contributed by atoms with Crippen molar-refractivity contribution in [2.45, 2.75) is 6.92 Å². The maximum atomic E-state index is 8.80. The highest BCUT2D eigenvalue weighted by atomic mass is 35.5. The third-order valence-electron chi connectivity index (χ3n) is 1.99. The Hall–Kier alpha value is -1.37. The third-order valence-corrected chi connectivity index (χ3v) is 3.27. The highest BCUT2D eigenvalue weighted by Crippen LogP contribution is 2.27. The van der Waals surface area contributed by atoms with Crippen molar-refractivity contribution in [1.29, 1.82) is 5.26 Å². The molecule has 2 rings (SSSR count). The molecule has 0 aliphatic carbocycles. The minimum atomic E-state index is 0.505. The van der Waals surface area contributed by atoms with Crippen LogP contribution in [0.4, 0.5) is 0 Å². The van der Waals surface area contributed by atoms with Crippen molar-refractivity contribution in [2.24, 2.45) is 0 Å². The van der Waals surface area contributed by atoms with Crippen molar-refractivity contribution in [3.8, 4) is 16.6 Å². The molecule has 0 saturated heterocycles. The van der Waals surface area contributed by atoms with Crippen LogP contribution in [0.15, 0.2) is 24.3 Å². The Labute approximate surface area is 96.8 Å². The number of nitrogens with zero attached hydrogens (tertiary/aromatic N) is 2. The lowest BCUT2D eigenvalue weighted by atomic mass is 10.2. The summed E-state index contributed by atoms with van der Waals surface area (Å²) in [4.78, 5) is 5.19. The molecule has 0 atom stereocenters. The Balaban J connectivity index is 2.46. The summed E-state index contributed by atoms with van der Waals surface area (Å²) >= 11 is 7.31. The first-order chi connectivity index (χ1) is 7.20. The topological polar surface area (TPSA) is 36.7 Å². The number of thiazole rings is 1. The zero-order valence-electron chi connectivity index (χ0n) is 7.99. The number of hydrogen-bond donors (Lipinski definition) is 0. The van der Waals surface area contributed by atoms with Gasteiger partial charge in [-0.15, -0.1) is 11.3 Å². The second kappa shape index (κ2) is 4.01. The van der Waals surface area contributed by atoms with Gasteiger partial charge in [-0.05, 0) is 19.1 Å². The Kier molecular flexibility index (Phi) is 2.72. The van der Waals surface area contributed by atoms with Gasteiger partial charge >= 0.3 is 0 Å². The van der Waals surface area contributed by atoms with Gasteiger partial charge in [0, 0.05) is 15.5 Å². The van der Waals surface area contributed by atoms with Crippen LogP contribution >= 0.6 is 22.9 Å². The van der Waals surface area contributed by atoms with Gasteiger partial charge in [-0.2, -0.15) is 5.26 Å². The number of aryl methyl sites for hydroxylation is 1. The lowest BCUT2D eigenvalue weighted by Crippen LogP contribution is -1.78. The van der Waals surface area contributed by atoms with E-state index in [0.717, 1.165) is 15.4 Å². The predicted molar refractivity (Wildman–Crippen MR) is 62.0 cm³/mol. The fourth-order valence-corrected chi connectivity index (χ4v) is 2.21. The summed E-state index contributed by atoms with van der Waals surface area (Å²) in [5, 5.41) is 10.4. The maximum Gasteiger partial charge on any atom is 0.155 e. The number of rotatable bonds is 1. The number of aromatic nitrogens is 1. The second-order valence-electron chi connectivity index (χ2n) is 3.04. The number of nitriles is 1. The molecule has 74 valence electrons. The van der Waals surface area contributed by atoms with E-state index in [2.05, 4.69) is 11.1 Å². The van der Waals surface area contributed by atoms with Gasteiger partial charge in [0.2, 0.25) is 0 Å². The fourth-order valence-electron chi connectivity index (χ4n) is 1.22. The van der Waals surface area contributed by atoms with Gasteiger partial charge in [-0.1, -0.05) is 23.7 Å². The molecule has 1 heterocycles. The van der Waals surface area contributed by atoms with Crippen molar-refractivity contribution >= 4 is 22.9 Å². The molecular formula is C11H7ClN2S. The van der Waals surface area contributed by atoms with Gasteiger partial charge in [-0.3, -0.25) is 0 Å². The summed E-state index contributed by atoms with van der Waals surface area (Å²) in [7, 11) is 0. The zero-order valence-corrected chi connectivity index (χ0v) is 9.56. The SMILES string of the molecule is Cc1sc(-c2ccc(Cl)cc2)nc1C#N. The summed E-state index contributed by atoms with van der Waals surface area (Å²) in [6.07, 6.45) is 0. The van der Waals surface area contributed by atoms with Gasteiger partial charge in [0.1, 0.15) is 11.1 Å². The second-order valence-corrected chi connectivity index (χ2v) is 4.68. The molecule has 0 aliphatic rings. The van der Waals surface area contributed by atoms with E-state index < -0.39 is 0 Å². The van der Waals surface area contributed by atoms with Crippen LogP contribution in [0, 0.1) is 18.3 Å². The molecule has 0 saturated carbocycles. The van der Waals surface area contributed by atoms with Gasteiger partial charge in [0.05, 0.1) is 0 Å². The lowest BCUT2D eigenvalue weighted by molar-refractivity contribution is 1.30. The van der Waals surface area contributed by atoms with Crippen LogP contribution in [0.1, 0.15) is 10.6 Å². The minimum absolute atomic E-state index is 0.505. The first-order valence-corrected chi connectivity index (χ1v) is 5.53. The Morgan fingerprint density at radius 2 is 2.00 bits per heavy atom. The van der Waals surface area contributed by atoms with Crippen molar-refractivity contribution in [3.63, 3.8) is 0 Å². The van der Waals surface area contributed by atoms with E-state index in [0.29, 0.717) is 10.7 Å². The molecule has 4 heteroatoms. The number of hydrogen-bond acceptors (Lipinski definition) is 3. The van der Waals surface area contributed by atoms with E-state index in [-0.39, 0.29) is 0 Å². The molecular weight excluding hydrogens is 228 g/mol. The maximum absolute atomic E-state index is 8.80. The van der Waals surface area contributed by atoms with Gasteiger partial charge < -0.3 is 0 Å². The van der Waals surface area contributed by atoms with E-state index in [9.17, 15) is 0 Å². The van der Waals surface area contributed by atoms with E-state index in [1.807, 2.05) is 31.2 Å². The summed E-state index contributed by atoms with van der Waals surface area (Å²) in [6, 6.07) is 9.52. The summed E-state index contributed by atoms with van der Waals surface area (Å²) in [5.74, 6) is 0. The predicted octanol–water partition coefficient (Wildman–Crippen LogP) is 3.64. The Morgan fingerprint density at radius 3 is 2.53 bits per heavy atom. The molecule has 1 aromatic heterocycles. The van der Waals surface area contributed by atoms with Crippen molar-refractivity contribution in [2.75, 3.05) is 0 Å². The zero-order chi connectivity index (χ0) is 10.8. The van der Waals surface area contributed by atoms with Crippen molar-refractivity contribution in [1.82, 2.24) is 4.98 Å².